The molecule has 3 aromatic carbocycles. The maximum Gasteiger partial charge on any atom is 0.519 e. The number of likely N-dealkylation sites (tertiary alicyclic amines) is 1. The molecule has 5 rings (SSSR count). The second-order valence-electron chi connectivity index (χ2n) is 9.98. The van der Waals surface area contributed by atoms with E-state index in [0.717, 1.165) is 35.2 Å². The number of aryl methyl sites for hydroxylation is 2. The first kappa shape index (κ1) is 27.2. The summed E-state index contributed by atoms with van der Waals surface area (Å²) in [6.07, 6.45) is 1.55. The molecule has 0 saturated carbocycles. The second-order valence-corrected chi connectivity index (χ2v) is 9.98. The van der Waals surface area contributed by atoms with Crippen LogP contribution < -0.4 is 15.9 Å². The maximum atomic E-state index is 13.5. The van der Waals surface area contributed by atoms with Crippen LogP contribution in [0.2, 0.25) is 0 Å². The number of nitrogens with zero attached hydrogens (tertiary/aromatic N) is 1. The minimum atomic E-state index is -0.980. The predicted octanol–water partition coefficient (Wildman–Crippen LogP) is 5.00. The Labute approximate surface area is 231 Å². The van der Waals surface area contributed by atoms with Crippen LogP contribution in [0.3, 0.4) is 0 Å². The van der Waals surface area contributed by atoms with Gasteiger partial charge in [-0.25, -0.2) is 4.79 Å². The van der Waals surface area contributed by atoms with E-state index in [9.17, 15) is 19.5 Å². The van der Waals surface area contributed by atoms with Gasteiger partial charge in [0.15, 0.2) is 11.2 Å². The Balaban J connectivity index is 1.51. The van der Waals surface area contributed by atoms with Crippen LogP contribution in [0.1, 0.15) is 48.1 Å². The van der Waals surface area contributed by atoms with Gasteiger partial charge in [-0.05, 0) is 59.4 Å². The highest BCUT2D eigenvalue weighted by molar-refractivity contribution is 5.94. The number of anilines is 1. The van der Waals surface area contributed by atoms with Crippen molar-refractivity contribution in [3.63, 3.8) is 0 Å². The van der Waals surface area contributed by atoms with Gasteiger partial charge in [0.2, 0.25) is 5.91 Å². The molecule has 0 spiro atoms. The van der Waals surface area contributed by atoms with Crippen LogP contribution >= 0.6 is 0 Å². The van der Waals surface area contributed by atoms with Crippen molar-refractivity contribution in [2.24, 2.45) is 5.92 Å². The Bertz CT molecular complexity index is 1570. The van der Waals surface area contributed by atoms with Gasteiger partial charge in [0.05, 0.1) is 19.6 Å². The molecule has 1 unspecified atom stereocenters. The molecule has 208 valence electrons. The van der Waals surface area contributed by atoms with E-state index in [-0.39, 0.29) is 18.0 Å². The average Bonchev–Trinajstić information content (AvgIpc) is 3.52. The lowest BCUT2D eigenvalue weighted by Crippen LogP contribution is -2.35. The lowest BCUT2D eigenvalue weighted by molar-refractivity contribution is -0.143. The van der Waals surface area contributed by atoms with E-state index in [1.165, 1.54) is 0 Å². The quantitative estimate of drug-likeness (QED) is 0.302. The fourth-order valence-electron chi connectivity index (χ4n) is 5.82. The number of carboxylic acids is 1. The lowest BCUT2D eigenvalue weighted by atomic mass is 9.83. The summed E-state index contributed by atoms with van der Waals surface area (Å²) in [4.78, 5) is 39.8. The van der Waals surface area contributed by atoms with Crippen LogP contribution in [0.25, 0.3) is 11.2 Å². The fraction of sp³-hybridized carbons (Fsp3) is 0.323. The highest BCUT2D eigenvalue weighted by Crippen LogP contribution is 2.46. The number of benzene rings is 3. The van der Waals surface area contributed by atoms with E-state index in [4.69, 9.17) is 13.6 Å². The molecule has 4 aromatic rings. The van der Waals surface area contributed by atoms with Crippen molar-refractivity contribution in [2.45, 2.75) is 38.6 Å². The summed E-state index contributed by atoms with van der Waals surface area (Å²) in [5, 5.41) is 13.6. The molecule has 1 saturated heterocycles. The first-order valence-electron chi connectivity index (χ1n) is 13.4. The second kappa shape index (κ2) is 11.4. The summed E-state index contributed by atoms with van der Waals surface area (Å²) in [5.41, 5.74) is 4.94. The van der Waals surface area contributed by atoms with E-state index in [0.29, 0.717) is 23.4 Å². The fourth-order valence-corrected chi connectivity index (χ4v) is 5.82. The molecule has 9 heteroatoms. The zero-order valence-electron chi connectivity index (χ0n) is 22.7. The number of para-hydroxylation sites is 1. The topological polar surface area (TPSA) is 122 Å². The molecule has 1 fully saturated rings. The molecule has 1 amide bonds. The van der Waals surface area contributed by atoms with Crippen LogP contribution in [0, 0.1) is 5.92 Å². The number of carboxylic acid groups (broad SMARTS) is 1. The van der Waals surface area contributed by atoms with Crippen molar-refractivity contribution < 1.29 is 28.3 Å². The van der Waals surface area contributed by atoms with Gasteiger partial charge >= 0.3 is 11.8 Å². The molecule has 9 nitrogen and oxygen atoms in total. The van der Waals surface area contributed by atoms with Crippen LogP contribution in [0.15, 0.2) is 74.3 Å². The molecule has 0 aliphatic carbocycles. The first-order valence-corrected chi connectivity index (χ1v) is 13.4. The van der Waals surface area contributed by atoms with Crippen molar-refractivity contribution in [2.75, 3.05) is 25.5 Å². The van der Waals surface area contributed by atoms with Crippen LogP contribution in [-0.2, 0) is 22.4 Å². The number of fused-ring (bicyclic) bond motifs is 1. The van der Waals surface area contributed by atoms with Crippen molar-refractivity contribution >= 4 is 28.7 Å². The number of amides is 1. The van der Waals surface area contributed by atoms with Gasteiger partial charge in [0.25, 0.3) is 0 Å². The number of nitrogens with one attached hydrogen (secondary N) is 1. The standard InChI is InChI=1S/C31H32N2O7/c1-4-18-7-6-8-19(5-2)28(18)32-26(34)17-33-16-23(21-11-14-24-25(15-21)40-31(37)39-24)27(30(35)36)29(33)20-9-12-22(38-3)13-10-20/h6-15,23,27,29H,4-5,16-17H2,1-3H3,(H,32,34)(H,35,36)/t23-,27?,29+/m1/s1. The van der Waals surface area contributed by atoms with E-state index in [2.05, 4.69) is 5.32 Å². The van der Waals surface area contributed by atoms with Crippen LogP contribution in [0.4, 0.5) is 5.69 Å². The van der Waals surface area contributed by atoms with Crippen molar-refractivity contribution in [3.8, 4) is 5.75 Å². The van der Waals surface area contributed by atoms with Crippen LogP contribution in [0.5, 0.6) is 5.75 Å². The molecule has 2 N–H and O–H groups in total. The average molecular weight is 545 g/mol. The number of aliphatic carboxylic acids is 1. The van der Waals surface area contributed by atoms with Gasteiger partial charge in [0.1, 0.15) is 5.75 Å². The van der Waals surface area contributed by atoms with Gasteiger partial charge in [-0.1, -0.05) is 50.2 Å². The zero-order valence-corrected chi connectivity index (χ0v) is 22.7. The molecule has 1 aromatic heterocycles. The Kier molecular flexibility index (Phi) is 7.75. The summed E-state index contributed by atoms with van der Waals surface area (Å²) >= 11 is 0. The van der Waals surface area contributed by atoms with Gasteiger partial charge in [-0.2, -0.15) is 0 Å². The summed E-state index contributed by atoms with van der Waals surface area (Å²) in [6.45, 7) is 4.41. The van der Waals surface area contributed by atoms with E-state index >= 15 is 0 Å². The van der Waals surface area contributed by atoms with Gasteiger partial charge in [-0.15, -0.1) is 0 Å². The highest BCUT2D eigenvalue weighted by atomic mass is 16.6. The summed E-state index contributed by atoms with van der Waals surface area (Å²) in [6, 6.07) is 17.7. The third-order valence-electron chi connectivity index (χ3n) is 7.73. The molecule has 1 aliphatic rings. The van der Waals surface area contributed by atoms with Crippen molar-refractivity contribution in [1.29, 1.82) is 0 Å². The zero-order chi connectivity index (χ0) is 28.4. The number of hydrogen-bond donors (Lipinski definition) is 2. The van der Waals surface area contributed by atoms with E-state index in [1.807, 2.05) is 49.1 Å². The molecule has 0 radical (unpaired) electrons. The molecule has 3 atom stereocenters. The third-order valence-corrected chi connectivity index (χ3v) is 7.73. The number of methoxy groups -OCH3 is 1. The van der Waals surface area contributed by atoms with E-state index < -0.39 is 29.7 Å². The molecule has 2 heterocycles. The molecular weight excluding hydrogens is 512 g/mol. The number of hydrogen-bond acceptors (Lipinski definition) is 7. The Hall–Kier alpha value is -4.37. The van der Waals surface area contributed by atoms with Gasteiger partial charge < -0.3 is 24.0 Å². The molecule has 0 bridgehead atoms. The molecule has 40 heavy (non-hydrogen) atoms. The Morgan fingerprint density at radius 2 is 1.62 bits per heavy atom. The third kappa shape index (κ3) is 5.24. The Morgan fingerprint density at radius 1 is 0.975 bits per heavy atom. The van der Waals surface area contributed by atoms with Crippen LogP contribution in [-0.4, -0.2) is 42.1 Å². The summed E-state index contributed by atoms with van der Waals surface area (Å²) in [5.74, 6) is -2.70. The number of rotatable bonds is 9. The molecule has 1 aliphatic heterocycles. The summed E-state index contributed by atoms with van der Waals surface area (Å²) < 4.78 is 15.5. The number of ether oxygens (including phenoxy) is 1. The first-order chi connectivity index (χ1) is 19.3. The lowest BCUT2D eigenvalue weighted by Gasteiger charge is -2.27. The van der Waals surface area contributed by atoms with E-state index in [1.54, 1.807) is 37.4 Å². The predicted molar refractivity (Wildman–Crippen MR) is 150 cm³/mol. The maximum absolute atomic E-state index is 13.5. The normalized spacial score (nSPS) is 19.1. The Morgan fingerprint density at radius 3 is 2.25 bits per heavy atom. The van der Waals surface area contributed by atoms with Crippen molar-refractivity contribution in [1.82, 2.24) is 4.90 Å². The minimum Gasteiger partial charge on any atom is -0.497 e. The molecular formula is C31H32N2O7. The van der Waals surface area contributed by atoms with Crippen molar-refractivity contribution in [3.05, 3.63) is 93.5 Å². The SMILES string of the molecule is CCc1cccc(CC)c1NC(=O)CN1C[C@H](c2ccc3oc(=O)oc3c2)C(C(=O)O)[C@@H]1c1ccc(OC)cc1. The monoisotopic (exact) mass is 544 g/mol. The van der Waals surface area contributed by atoms with Gasteiger partial charge in [0, 0.05) is 24.2 Å². The smallest absolute Gasteiger partial charge is 0.497 e. The number of carbonyl (C=O) groups is 2. The number of carbonyl (C=O) groups excluding carboxylic acids is 1. The highest BCUT2D eigenvalue weighted by Gasteiger charge is 2.48. The largest absolute Gasteiger partial charge is 0.519 e. The summed E-state index contributed by atoms with van der Waals surface area (Å²) in [7, 11) is 1.57. The van der Waals surface area contributed by atoms with Gasteiger partial charge in [-0.3, -0.25) is 14.5 Å². The minimum absolute atomic E-state index is 0.00121.